The monoisotopic (exact) mass is 334 g/mol. The van der Waals surface area contributed by atoms with Crippen molar-refractivity contribution >= 4 is 21.7 Å². The molecule has 1 heterocycles. The Morgan fingerprint density at radius 3 is 2.55 bits per heavy atom. The first-order chi connectivity index (χ1) is 9.48. The molecule has 2 rings (SSSR count). The lowest BCUT2D eigenvalue weighted by Crippen LogP contribution is -2.31. The summed E-state index contributed by atoms with van der Waals surface area (Å²) in [4.78, 5) is 13.0. The van der Waals surface area contributed by atoms with Crippen molar-refractivity contribution in [2.75, 3.05) is 0 Å². The number of halogens is 1. The predicted octanol–water partition coefficient (Wildman–Crippen LogP) is 4.22. The highest BCUT2D eigenvalue weighted by Gasteiger charge is 2.34. The van der Waals surface area contributed by atoms with Crippen LogP contribution in [0.15, 0.2) is 41.0 Å². The van der Waals surface area contributed by atoms with Gasteiger partial charge in [0.25, 0.3) is 0 Å². The molecule has 0 aliphatic carbocycles. The maximum absolute atomic E-state index is 13.0. The molecular weight excluding hydrogens is 316 g/mol. The van der Waals surface area contributed by atoms with E-state index in [1.165, 1.54) is 0 Å². The smallest absolute Gasteiger partial charge is 0.191 e. The zero-order valence-electron chi connectivity index (χ0n) is 12.1. The summed E-state index contributed by atoms with van der Waals surface area (Å²) >= 11 is 3.45. The highest BCUT2D eigenvalue weighted by Crippen LogP contribution is 2.30. The van der Waals surface area contributed by atoms with Crippen LogP contribution in [0.5, 0.6) is 0 Å². The van der Waals surface area contributed by atoms with Gasteiger partial charge >= 0.3 is 0 Å². The molecule has 0 bridgehead atoms. The number of nitrogens with zero attached hydrogens (tertiary/aromatic N) is 2. The van der Waals surface area contributed by atoms with Crippen molar-refractivity contribution in [2.45, 2.75) is 39.2 Å². The van der Waals surface area contributed by atoms with Gasteiger partial charge in [-0.2, -0.15) is 5.10 Å². The van der Waals surface area contributed by atoms with Crippen LogP contribution < -0.4 is 0 Å². The normalized spacial score (nSPS) is 11.6. The molecule has 0 spiro atoms. The lowest BCUT2D eigenvalue weighted by molar-refractivity contribution is 0.0896. The van der Waals surface area contributed by atoms with Crippen molar-refractivity contribution in [3.05, 3.63) is 52.3 Å². The van der Waals surface area contributed by atoms with E-state index in [9.17, 15) is 4.79 Å². The third-order valence-electron chi connectivity index (χ3n) is 3.51. The lowest BCUT2D eigenvalue weighted by Gasteiger charge is -2.24. The van der Waals surface area contributed by atoms with E-state index < -0.39 is 5.41 Å². The van der Waals surface area contributed by atoms with Gasteiger partial charge in [0.1, 0.15) is 5.69 Å². The van der Waals surface area contributed by atoms with Gasteiger partial charge in [0.15, 0.2) is 5.78 Å². The molecule has 1 aromatic heterocycles. The number of Topliss-reactive ketones (excluding diaryl/α,β-unsaturated/α-hetero) is 1. The van der Waals surface area contributed by atoms with Gasteiger partial charge in [0.05, 0.1) is 16.1 Å². The van der Waals surface area contributed by atoms with Crippen LogP contribution in [0.1, 0.15) is 43.2 Å². The first kappa shape index (κ1) is 15.0. The SMILES string of the molecule is CCCn1ncc(Br)c1C(=O)C(C)(C)c1ccccc1. The van der Waals surface area contributed by atoms with Gasteiger partial charge in [-0.25, -0.2) is 0 Å². The topological polar surface area (TPSA) is 34.9 Å². The molecule has 0 amide bonds. The molecule has 2 aromatic rings. The van der Waals surface area contributed by atoms with E-state index in [2.05, 4.69) is 28.0 Å². The minimum absolute atomic E-state index is 0.0847. The van der Waals surface area contributed by atoms with Gasteiger partial charge in [-0.05, 0) is 41.8 Å². The van der Waals surface area contributed by atoms with E-state index in [4.69, 9.17) is 0 Å². The van der Waals surface area contributed by atoms with E-state index in [-0.39, 0.29) is 5.78 Å². The summed E-state index contributed by atoms with van der Waals surface area (Å²) in [5.41, 5.74) is 1.09. The fraction of sp³-hybridized carbons (Fsp3) is 0.375. The number of benzene rings is 1. The molecule has 0 saturated heterocycles. The molecule has 0 N–H and O–H groups in total. The average Bonchev–Trinajstić information content (AvgIpc) is 2.80. The number of hydrogen-bond donors (Lipinski definition) is 0. The van der Waals surface area contributed by atoms with Gasteiger partial charge < -0.3 is 0 Å². The Morgan fingerprint density at radius 2 is 1.95 bits per heavy atom. The molecule has 0 aliphatic rings. The molecule has 20 heavy (non-hydrogen) atoms. The van der Waals surface area contributed by atoms with Crippen molar-refractivity contribution < 1.29 is 4.79 Å². The van der Waals surface area contributed by atoms with Crippen LogP contribution in [-0.2, 0) is 12.0 Å². The van der Waals surface area contributed by atoms with Crippen molar-refractivity contribution in [1.29, 1.82) is 0 Å². The summed E-state index contributed by atoms with van der Waals surface area (Å²) in [6, 6.07) is 9.87. The van der Waals surface area contributed by atoms with Crippen molar-refractivity contribution in [3.8, 4) is 0 Å². The van der Waals surface area contributed by atoms with Crippen LogP contribution in [0.25, 0.3) is 0 Å². The zero-order chi connectivity index (χ0) is 14.8. The molecule has 1 aromatic carbocycles. The average molecular weight is 335 g/mol. The number of hydrogen-bond acceptors (Lipinski definition) is 2. The minimum Gasteiger partial charge on any atom is -0.291 e. The number of carbonyl (C=O) groups is 1. The molecule has 0 saturated carbocycles. The minimum atomic E-state index is -0.574. The number of ketones is 1. The highest BCUT2D eigenvalue weighted by atomic mass is 79.9. The second-order valence-electron chi connectivity index (χ2n) is 5.38. The van der Waals surface area contributed by atoms with E-state index >= 15 is 0 Å². The molecule has 106 valence electrons. The standard InChI is InChI=1S/C16H19BrN2O/c1-4-10-19-14(13(17)11-18-19)15(20)16(2,3)12-8-6-5-7-9-12/h5-9,11H,4,10H2,1-3H3. The zero-order valence-corrected chi connectivity index (χ0v) is 13.6. The third kappa shape index (κ3) is 2.70. The van der Waals surface area contributed by atoms with Crippen molar-refractivity contribution in [2.24, 2.45) is 0 Å². The molecule has 0 fully saturated rings. The number of carbonyl (C=O) groups excluding carboxylic acids is 1. The van der Waals surface area contributed by atoms with Gasteiger partial charge in [-0.3, -0.25) is 9.48 Å². The highest BCUT2D eigenvalue weighted by molar-refractivity contribution is 9.10. The van der Waals surface area contributed by atoms with Gasteiger partial charge in [0, 0.05) is 6.54 Å². The maximum Gasteiger partial charge on any atom is 0.191 e. The summed E-state index contributed by atoms with van der Waals surface area (Å²) in [6.07, 6.45) is 2.64. The van der Waals surface area contributed by atoms with Crippen LogP contribution in [-0.4, -0.2) is 15.6 Å². The van der Waals surface area contributed by atoms with Crippen molar-refractivity contribution in [3.63, 3.8) is 0 Å². The van der Waals surface area contributed by atoms with Gasteiger partial charge in [0.2, 0.25) is 0 Å². The molecule has 0 atom stereocenters. The van der Waals surface area contributed by atoms with Crippen LogP contribution in [0, 0.1) is 0 Å². The Balaban J connectivity index is 2.43. The van der Waals surface area contributed by atoms with E-state index in [0.717, 1.165) is 23.0 Å². The van der Waals surface area contributed by atoms with E-state index in [1.54, 1.807) is 10.9 Å². The van der Waals surface area contributed by atoms with Crippen LogP contribution in [0.4, 0.5) is 0 Å². The predicted molar refractivity (Wildman–Crippen MR) is 84.0 cm³/mol. The molecule has 3 nitrogen and oxygen atoms in total. The Morgan fingerprint density at radius 1 is 1.30 bits per heavy atom. The van der Waals surface area contributed by atoms with E-state index in [1.807, 2.05) is 44.2 Å². The quantitative estimate of drug-likeness (QED) is 0.767. The van der Waals surface area contributed by atoms with E-state index in [0.29, 0.717) is 5.69 Å². The van der Waals surface area contributed by atoms with Crippen LogP contribution >= 0.6 is 15.9 Å². The second kappa shape index (κ2) is 5.92. The number of aryl methyl sites for hydroxylation is 1. The first-order valence-corrected chi connectivity index (χ1v) is 7.59. The summed E-state index contributed by atoms with van der Waals surface area (Å²) in [6.45, 7) is 6.74. The summed E-state index contributed by atoms with van der Waals surface area (Å²) in [7, 11) is 0. The maximum atomic E-state index is 13.0. The Kier molecular flexibility index (Phi) is 4.43. The van der Waals surface area contributed by atoms with Crippen LogP contribution in [0.3, 0.4) is 0 Å². The second-order valence-corrected chi connectivity index (χ2v) is 6.24. The Labute approximate surface area is 128 Å². The van der Waals surface area contributed by atoms with Gasteiger partial charge in [-0.15, -0.1) is 0 Å². The fourth-order valence-corrected chi connectivity index (χ4v) is 2.73. The Bertz CT molecular complexity index is 602. The molecule has 0 radical (unpaired) electrons. The molecule has 0 unspecified atom stereocenters. The third-order valence-corrected chi connectivity index (χ3v) is 4.09. The molecule has 0 aliphatic heterocycles. The molecular formula is C16H19BrN2O. The number of aromatic nitrogens is 2. The van der Waals surface area contributed by atoms with Crippen molar-refractivity contribution in [1.82, 2.24) is 9.78 Å². The summed E-state index contributed by atoms with van der Waals surface area (Å²) in [5, 5.41) is 4.28. The first-order valence-electron chi connectivity index (χ1n) is 6.80. The Hall–Kier alpha value is -1.42. The summed E-state index contributed by atoms with van der Waals surface area (Å²) < 4.78 is 2.55. The lowest BCUT2D eigenvalue weighted by atomic mass is 9.79. The fourth-order valence-electron chi connectivity index (χ4n) is 2.25. The van der Waals surface area contributed by atoms with Gasteiger partial charge in [-0.1, -0.05) is 37.3 Å². The van der Waals surface area contributed by atoms with Crippen LogP contribution in [0.2, 0.25) is 0 Å². The largest absolute Gasteiger partial charge is 0.291 e. The molecule has 4 heteroatoms. The summed E-state index contributed by atoms with van der Waals surface area (Å²) in [5.74, 6) is 0.0847. The number of rotatable bonds is 5.